The predicted octanol–water partition coefficient (Wildman–Crippen LogP) is 1.17. The molecule has 1 N–H and O–H groups in total. The molecule has 0 atom stereocenters. The molecule has 0 saturated heterocycles. The van der Waals surface area contributed by atoms with Crippen molar-refractivity contribution in [3.63, 3.8) is 0 Å². The van der Waals surface area contributed by atoms with Crippen molar-refractivity contribution in [3.8, 4) is 0 Å². The Morgan fingerprint density at radius 2 is 2.31 bits per heavy atom. The standard InChI is InChI=1S/C8H5FN2O2/c9-5-3-10-7-2-1-6(8(12)13)11(7)4-5/h1-4H,(H,12,13). The number of nitrogens with zero attached hydrogens (tertiary/aromatic N) is 2. The topological polar surface area (TPSA) is 54.6 Å². The van der Waals surface area contributed by atoms with Gasteiger partial charge in [0.2, 0.25) is 0 Å². The molecule has 5 heteroatoms. The fourth-order valence-electron chi connectivity index (χ4n) is 1.14. The van der Waals surface area contributed by atoms with Crippen molar-refractivity contribution < 1.29 is 14.3 Å². The summed E-state index contributed by atoms with van der Waals surface area (Å²) in [7, 11) is 0. The molecule has 0 aliphatic carbocycles. The SMILES string of the molecule is O=C(O)c1ccc2ncc(F)cn12. The molecular weight excluding hydrogens is 175 g/mol. The first-order chi connectivity index (χ1) is 6.18. The number of carboxylic acids is 1. The third-order valence-corrected chi connectivity index (χ3v) is 1.69. The van der Waals surface area contributed by atoms with E-state index in [1.165, 1.54) is 16.5 Å². The Labute approximate surface area is 72.3 Å². The Bertz CT molecular complexity index is 478. The average molecular weight is 180 g/mol. The van der Waals surface area contributed by atoms with E-state index in [1.54, 1.807) is 0 Å². The Morgan fingerprint density at radius 3 is 3.00 bits per heavy atom. The van der Waals surface area contributed by atoms with Gasteiger partial charge in [-0.15, -0.1) is 0 Å². The summed E-state index contributed by atoms with van der Waals surface area (Å²) >= 11 is 0. The molecule has 0 amide bonds. The molecule has 2 aromatic rings. The molecule has 0 aliphatic rings. The van der Waals surface area contributed by atoms with Gasteiger partial charge in [0.1, 0.15) is 11.3 Å². The molecule has 0 radical (unpaired) electrons. The van der Waals surface area contributed by atoms with Crippen LogP contribution in [0.3, 0.4) is 0 Å². The van der Waals surface area contributed by atoms with E-state index in [9.17, 15) is 9.18 Å². The molecule has 0 saturated carbocycles. The molecule has 0 spiro atoms. The zero-order chi connectivity index (χ0) is 9.42. The number of rotatable bonds is 1. The van der Waals surface area contributed by atoms with Gasteiger partial charge in [-0.1, -0.05) is 0 Å². The third-order valence-electron chi connectivity index (χ3n) is 1.69. The summed E-state index contributed by atoms with van der Waals surface area (Å²) in [5, 5.41) is 8.69. The van der Waals surface area contributed by atoms with Crippen molar-refractivity contribution >= 4 is 11.6 Å². The lowest BCUT2D eigenvalue weighted by Gasteiger charge is -1.96. The molecular formula is C8H5FN2O2. The lowest BCUT2D eigenvalue weighted by atomic mass is 10.4. The second-order valence-electron chi connectivity index (χ2n) is 2.52. The lowest BCUT2D eigenvalue weighted by molar-refractivity contribution is 0.0689. The van der Waals surface area contributed by atoms with Crippen LogP contribution in [0, 0.1) is 5.82 Å². The minimum absolute atomic E-state index is 0.00185. The van der Waals surface area contributed by atoms with E-state index in [-0.39, 0.29) is 5.69 Å². The molecule has 0 unspecified atom stereocenters. The van der Waals surface area contributed by atoms with Gasteiger partial charge in [0.05, 0.1) is 6.20 Å². The van der Waals surface area contributed by atoms with E-state index in [2.05, 4.69) is 4.98 Å². The number of hydrogen-bond acceptors (Lipinski definition) is 2. The van der Waals surface area contributed by atoms with Crippen LogP contribution in [-0.4, -0.2) is 20.5 Å². The van der Waals surface area contributed by atoms with Crippen LogP contribution < -0.4 is 0 Å². The molecule has 13 heavy (non-hydrogen) atoms. The van der Waals surface area contributed by atoms with Crippen molar-refractivity contribution in [2.45, 2.75) is 0 Å². The van der Waals surface area contributed by atoms with Crippen LogP contribution in [-0.2, 0) is 0 Å². The molecule has 0 fully saturated rings. The van der Waals surface area contributed by atoms with Crippen LogP contribution in [0.15, 0.2) is 24.5 Å². The molecule has 0 aliphatic heterocycles. The zero-order valence-corrected chi connectivity index (χ0v) is 6.44. The van der Waals surface area contributed by atoms with Gasteiger partial charge in [-0.25, -0.2) is 14.2 Å². The van der Waals surface area contributed by atoms with Gasteiger partial charge < -0.3 is 5.11 Å². The summed E-state index contributed by atoms with van der Waals surface area (Å²) in [5.74, 6) is -1.67. The van der Waals surface area contributed by atoms with Crippen molar-refractivity contribution in [1.82, 2.24) is 9.38 Å². The van der Waals surface area contributed by atoms with E-state index in [0.29, 0.717) is 5.65 Å². The molecule has 2 heterocycles. The van der Waals surface area contributed by atoms with Crippen LogP contribution in [0.25, 0.3) is 5.65 Å². The Kier molecular flexibility index (Phi) is 1.51. The van der Waals surface area contributed by atoms with E-state index >= 15 is 0 Å². The van der Waals surface area contributed by atoms with Crippen LogP contribution in [0.2, 0.25) is 0 Å². The highest BCUT2D eigenvalue weighted by Crippen LogP contribution is 2.08. The minimum atomic E-state index is -1.10. The molecule has 4 nitrogen and oxygen atoms in total. The van der Waals surface area contributed by atoms with E-state index in [4.69, 9.17) is 5.11 Å². The van der Waals surface area contributed by atoms with E-state index in [0.717, 1.165) is 12.4 Å². The van der Waals surface area contributed by atoms with Crippen molar-refractivity contribution in [1.29, 1.82) is 0 Å². The maximum absolute atomic E-state index is 12.7. The van der Waals surface area contributed by atoms with Crippen molar-refractivity contribution in [2.75, 3.05) is 0 Å². The van der Waals surface area contributed by atoms with Crippen molar-refractivity contribution in [2.24, 2.45) is 0 Å². The summed E-state index contributed by atoms with van der Waals surface area (Å²) in [6, 6.07) is 2.90. The summed E-state index contributed by atoms with van der Waals surface area (Å²) in [5.41, 5.74) is 0.417. The first-order valence-corrected chi connectivity index (χ1v) is 3.54. The van der Waals surface area contributed by atoms with Gasteiger partial charge in [0, 0.05) is 6.20 Å². The maximum Gasteiger partial charge on any atom is 0.352 e. The fraction of sp³-hybridized carbons (Fsp3) is 0. The van der Waals surface area contributed by atoms with Crippen LogP contribution in [0.4, 0.5) is 4.39 Å². The number of fused-ring (bicyclic) bond motifs is 1. The monoisotopic (exact) mass is 180 g/mol. The van der Waals surface area contributed by atoms with Crippen LogP contribution in [0.5, 0.6) is 0 Å². The number of hydrogen-bond donors (Lipinski definition) is 1. The normalized spacial score (nSPS) is 10.5. The van der Waals surface area contributed by atoms with Gasteiger partial charge >= 0.3 is 5.97 Å². The number of aromatic nitrogens is 2. The van der Waals surface area contributed by atoms with Gasteiger partial charge in [-0.05, 0) is 12.1 Å². The molecule has 0 aromatic carbocycles. The van der Waals surface area contributed by atoms with E-state index < -0.39 is 11.8 Å². The van der Waals surface area contributed by atoms with Gasteiger partial charge in [-0.3, -0.25) is 4.40 Å². The number of halogens is 1. The van der Waals surface area contributed by atoms with Gasteiger partial charge in [0.25, 0.3) is 0 Å². The largest absolute Gasteiger partial charge is 0.477 e. The van der Waals surface area contributed by atoms with Crippen molar-refractivity contribution in [3.05, 3.63) is 36.0 Å². The Hall–Kier alpha value is -1.91. The maximum atomic E-state index is 12.7. The second-order valence-corrected chi connectivity index (χ2v) is 2.52. The Morgan fingerprint density at radius 1 is 1.54 bits per heavy atom. The Balaban J connectivity index is 2.79. The van der Waals surface area contributed by atoms with Gasteiger partial charge in [0.15, 0.2) is 5.82 Å². The van der Waals surface area contributed by atoms with E-state index in [1.807, 2.05) is 0 Å². The zero-order valence-electron chi connectivity index (χ0n) is 6.44. The summed E-state index contributed by atoms with van der Waals surface area (Å²) < 4.78 is 13.9. The average Bonchev–Trinajstić information content (AvgIpc) is 2.46. The summed E-state index contributed by atoms with van der Waals surface area (Å²) in [6.45, 7) is 0. The number of aromatic carboxylic acids is 1. The highest BCUT2D eigenvalue weighted by molar-refractivity contribution is 5.87. The van der Waals surface area contributed by atoms with Gasteiger partial charge in [-0.2, -0.15) is 0 Å². The lowest BCUT2D eigenvalue weighted by Crippen LogP contribution is -2.02. The first kappa shape index (κ1) is 7.72. The highest BCUT2D eigenvalue weighted by Gasteiger charge is 2.09. The molecule has 66 valence electrons. The minimum Gasteiger partial charge on any atom is -0.477 e. The quantitative estimate of drug-likeness (QED) is 0.716. The summed E-state index contributed by atoms with van der Waals surface area (Å²) in [6.07, 6.45) is 2.13. The molecule has 0 bridgehead atoms. The van der Waals surface area contributed by atoms with Crippen LogP contribution in [0.1, 0.15) is 10.5 Å². The van der Waals surface area contributed by atoms with Crippen LogP contribution >= 0.6 is 0 Å². The molecule has 2 rings (SSSR count). The molecule has 2 aromatic heterocycles. The predicted molar refractivity (Wildman–Crippen MR) is 42.1 cm³/mol. The smallest absolute Gasteiger partial charge is 0.352 e. The number of carbonyl (C=O) groups is 1. The fourth-order valence-corrected chi connectivity index (χ4v) is 1.14. The summed E-state index contributed by atoms with van der Waals surface area (Å²) in [4.78, 5) is 14.3. The third kappa shape index (κ3) is 1.14. The first-order valence-electron chi connectivity index (χ1n) is 3.54. The second kappa shape index (κ2) is 2.55. The highest BCUT2D eigenvalue weighted by atomic mass is 19.1. The number of carboxylic acid groups (broad SMARTS) is 1.